The lowest BCUT2D eigenvalue weighted by Gasteiger charge is -2.34. The van der Waals surface area contributed by atoms with E-state index >= 15 is 0 Å². The Morgan fingerprint density at radius 3 is 2.05 bits per heavy atom. The predicted octanol–water partition coefficient (Wildman–Crippen LogP) is 7.27. The van der Waals surface area contributed by atoms with E-state index in [0.717, 1.165) is 16.1 Å². The molecule has 0 aliphatic heterocycles. The van der Waals surface area contributed by atoms with Gasteiger partial charge >= 0.3 is 0 Å². The molecule has 0 radical (unpaired) electrons. The number of anilines is 1. The minimum absolute atomic E-state index is 0.0194. The van der Waals surface area contributed by atoms with Crippen molar-refractivity contribution >= 4 is 85.5 Å². The summed E-state index contributed by atoms with van der Waals surface area (Å²) in [6.07, 6.45) is 1.78. The smallest absolute Gasteiger partial charge is 0.244 e. The Hall–Kier alpha value is -2.20. The summed E-state index contributed by atoms with van der Waals surface area (Å²) in [5, 5.41) is 3.72. The van der Waals surface area contributed by atoms with Crippen LogP contribution in [0.15, 0.2) is 60.7 Å². The average Bonchev–Trinajstić information content (AvgIpc) is 2.93. The number of carbonyl (C=O) groups is 2. The summed E-state index contributed by atoms with van der Waals surface area (Å²) in [7, 11) is -4.05. The molecule has 0 bridgehead atoms. The van der Waals surface area contributed by atoms with E-state index in [1.54, 1.807) is 18.2 Å². The monoisotopic (exact) mass is 691 g/mol. The second kappa shape index (κ2) is 15.0. The maximum absolute atomic E-state index is 14.2. The van der Waals surface area contributed by atoms with Crippen LogP contribution in [0, 0.1) is 0 Å². The average molecular weight is 694 g/mol. The second-order valence-electron chi connectivity index (χ2n) is 9.78. The molecule has 3 aromatic rings. The first kappa shape index (κ1) is 34.3. The Morgan fingerprint density at radius 1 is 0.833 bits per heavy atom. The fourth-order valence-corrected chi connectivity index (χ4v) is 5.99. The highest BCUT2D eigenvalue weighted by atomic mass is 35.5. The molecule has 7 nitrogen and oxygen atoms in total. The Bertz CT molecular complexity index is 1540. The molecule has 0 saturated heterocycles. The third-order valence-electron chi connectivity index (χ3n) is 6.55. The molecule has 0 saturated carbocycles. The molecular weight excluding hydrogens is 664 g/mol. The van der Waals surface area contributed by atoms with Crippen molar-refractivity contribution in [3.63, 3.8) is 0 Å². The van der Waals surface area contributed by atoms with Gasteiger partial charge in [-0.2, -0.15) is 0 Å². The van der Waals surface area contributed by atoms with E-state index in [0.29, 0.717) is 17.0 Å². The fourth-order valence-electron chi connectivity index (χ4n) is 4.13. The number of benzene rings is 3. The van der Waals surface area contributed by atoms with Gasteiger partial charge in [-0.15, -0.1) is 0 Å². The third kappa shape index (κ3) is 9.15. The minimum atomic E-state index is -4.05. The van der Waals surface area contributed by atoms with Crippen molar-refractivity contribution in [1.82, 2.24) is 10.2 Å². The fraction of sp³-hybridized carbons (Fsp3) is 0.310. The summed E-state index contributed by atoms with van der Waals surface area (Å²) < 4.78 is 26.8. The van der Waals surface area contributed by atoms with Gasteiger partial charge in [-0.3, -0.25) is 13.9 Å². The Balaban J connectivity index is 2.12. The van der Waals surface area contributed by atoms with Crippen LogP contribution in [0.2, 0.25) is 25.1 Å². The molecule has 42 heavy (non-hydrogen) atoms. The van der Waals surface area contributed by atoms with Crippen molar-refractivity contribution < 1.29 is 18.0 Å². The van der Waals surface area contributed by atoms with Crippen LogP contribution in [0.4, 0.5) is 5.69 Å². The van der Waals surface area contributed by atoms with E-state index in [1.165, 1.54) is 17.0 Å². The number of amides is 2. The van der Waals surface area contributed by atoms with E-state index in [-0.39, 0.29) is 50.7 Å². The summed E-state index contributed by atoms with van der Waals surface area (Å²) in [6, 6.07) is 15.5. The van der Waals surface area contributed by atoms with Gasteiger partial charge in [0.05, 0.1) is 37.1 Å². The van der Waals surface area contributed by atoms with Crippen LogP contribution in [0.5, 0.6) is 0 Å². The van der Waals surface area contributed by atoms with Gasteiger partial charge in [-0.1, -0.05) is 101 Å². The number of rotatable bonds is 12. The van der Waals surface area contributed by atoms with E-state index in [4.69, 9.17) is 58.0 Å². The van der Waals surface area contributed by atoms with Crippen molar-refractivity contribution in [2.75, 3.05) is 17.1 Å². The highest BCUT2D eigenvalue weighted by Gasteiger charge is 2.34. The summed E-state index contributed by atoms with van der Waals surface area (Å²) >= 11 is 31.0. The number of hydrogen-bond donors (Lipinski definition) is 1. The molecule has 0 heterocycles. The SMILES string of the molecule is CCC(C)NC(=O)C(Cc1ccccc1)N(Cc1ccc(Cl)c(Cl)c1)C(=O)CN(c1cc(Cl)c(Cl)cc1Cl)S(C)(=O)=O. The zero-order chi connectivity index (χ0) is 31.2. The lowest BCUT2D eigenvalue weighted by atomic mass is 10.0. The number of nitrogens with one attached hydrogen (secondary N) is 1. The first-order valence-electron chi connectivity index (χ1n) is 12.9. The molecule has 1 N–H and O–H groups in total. The largest absolute Gasteiger partial charge is 0.352 e. The lowest BCUT2D eigenvalue weighted by Crippen LogP contribution is -2.54. The molecule has 3 aromatic carbocycles. The number of sulfonamides is 1. The molecule has 226 valence electrons. The Kier molecular flexibility index (Phi) is 12.2. The van der Waals surface area contributed by atoms with Crippen molar-refractivity contribution in [1.29, 1.82) is 0 Å². The van der Waals surface area contributed by atoms with Crippen LogP contribution in [0.3, 0.4) is 0 Å². The summed E-state index contributed by atoms with van der Waals surface area (Å²) in [4.78, 5) is 29.2. The topological polar surface area (TPSA) is 86.8 Å². The molecule has 2 amide bonds. The van der Waals surface area contributed by atoms with Gasteiger partial charge in [0.2, 0.25) is 21.8 Å². The Labute approximate surface area is 271 Å². The van der Waals surface area contributed by atoms with Crippen LogP contribution in [0.25, 0.3) is 0 Å². The molecule has 2 atom stereocenters. The molecule has 0 aliphatic carbocycles. The standard InChI is InChI=1S/C29H30Cl5N3O4S/c1-4-18(2)35-29(39)27(13-19-8-6-5-7-9-19)36(16-20-10-11-21(30)22(31)12-20)28(38)17-37(42(3,40)41)26-15-24(33)23(32)14-25(26)34/h5-12,14-15,18,27H,4,13,16-17H2,1-3H3,(H,35,39). The Morgan fingerprint density at radius 2 is 1.45 bits per heavy atom. The summed E-state index contributed by atoms with van der Waals surface area (Å²) in [5.41, 5.74) is 1.37. The van der Waals surface area contributed by atoms with E-state index in [9.17, 15) is 18.0 Å². The maximum Gasteiger partial charge on any atom is 0.244 e. The van der Waals surface area contributed by atoms with Crippen molar-refractivity contribution in [3.8, 4) is 0 Å². The molecular formula is C29H30Cl5N3O4S. The van der Waals surface area contributed by atoms with E-state index in [1.807, 2.05) is 44.2 Å². The van der Waals surface area contributed by atoms with Crippen LogP contribution < -0.4 is 9.62 Å². The second-order valence-corrected chi connectivity index (χ2v) is 13.7. The van der Waals surface area contributed by atoms with Gasteiger partial charge in [0.1, 0.15) is 12.6 Å². The zero-order valence-corrected chi connectivity index (χ0v) is 27.7. The number of halogens is 5. The lowest BCUT2D eigenvalue weighted by molar-refractivity contribution is -0.140. The predicted molar refractivity (Wildman–Crippen MR) is 173 cm³/mol. The van der Waals surface area contributed by atoms with Gasteiger partial charge in [0.25, 0.3) is 0 Å². The highest BCUT2D eigenvalue weighted by Crippen LogP contribution is 2.36. The zero-order valence-electron chi connectivity index (χ0n) is 23.1. The molecule has 0 spiro atoms. The third-order valence-corrected chi connectivity index (χ3v) is 9.44. The molecule has 3 rings (SSSR count). The summed E-state index contributed by atoms with van der Waals surface area (Å²) in [5.74, 6) is -1.05. The first-order chi connectivity index (χ1) is 19.7. The van der Waals surface area contributed by atoms with Crippen molar-refractivity contribution in [3.05, 3.63) is 96.9 Å². The normalized spacial score (nSPS) is 12.9. The van der Waals surface area contributed by atoms with Gasteiger partial charge in [0.15, 0.2) is 0 Å². The number of hydrogen-bond acceptors (Lipinski definition) is 4. The van der Waals surface area contributed by atoms with Crippen molar-refractivity contribution in [2.45, 2.75) is 45.3 Å². The minimum Gasteiger partial charge on any atom is -0.352 e. The molecule has 13 heteroatoms. The van der Waals surface area contributed by atoms with E-state index in [2.05, 4.69) is 5.32 Å². The molecule has 0 aliphatic rings. The molecule has 0 aromatic heterocycles. The molecule has 0 fully saturated rings. The van der Waals surface area contributed by atoms with Crippen LogP contribution >= 0.6 is 58.0 Å². The summed E-state index contributed by atoms with van der Waals surface area (Å²) in [6.45, 7) is 3.06. The molecule has 2 unspecified atom stereocenters. The van der Waals surface area contributed by atoms with Gasteiger partial charge in [0, 0.05) is 19.0 Å². The number of carbonyl (C=O) groups excluding carboxylic acids is 2. The van der Waals surface area contributed by atoms with Gasteiger partial charge in [-0.05, 0) is 48.7 Å². The first-order valence-corrected chi connectivity index (χ1v) is 16.6. The van der Waals surface area contributed by atoms with E-state index < -0.39 is 28.5 Å². The van der Waals surface area contributed by atoms with Gasteiger partial charge < -0.3 is 10.2 Å². The van der Waals surface area contributed by atoms with Crippen LogP contribution in [0.1, 0.15) is 31.4 Å². The maximum atomic E-state index is 14.2. The van der Waals surface area contributed by atoms with Crippen molar-refractivity contribution in [2.24, 2.45) is 0 Å². The van der Waals surface area contributed by atoms with Gasteiger partial charge in [-0.25, -0.2) is 8.42 Å². The number of nitrogens with zero attached hydrogens (tertiary/aromatic N) is 2. The quantitative estimate of drug-likeness (QED) is 0.202. The highest BCUT2D eigenvalue weighted by molar-refractivity contribution is 7.92. The van der Waals surface area contributed by atoms with Crippen LogP contribution in [-0.4, -0.2) is 50.0 Å². The van der Waals surface area contributed by atoms with Crippen LogP contribution in [-0.2, 0) is 32.6 Å².